The molecule has 0 spiro atoms. The number of piperazine rings is 1. The molecule has 1 aliphatic heterocycles. The highest BCUT2D eigenvalue weighted by atomic mass is 35.5. The van der Waals surface area contributed by atoms with Gasteiger partial charge in [-0.1, -0.05) is 17.7 Å². The van der Waals surface area contributed by atoms with Crippen molar-refractivity contribution in [3.63, 3.8) is 0 Å². The number of amides is 1. The summed E-state index contributed by atoms with van der Waals surface area (Å²) >= 11 is 6.05. The fraction of sp³-hybridized carbons (Fsp3) is 0.500. The van der Waals surface area contributed by atoms with Crippen LogP contribution >= 0.6 is 11.6 Å². The van der Waals surface area contributed by atoms with Gasteiger partial charge in [0, 0.05) is 36.9 Å². The minimum atomic E-state index is -0.417. The Morgan fingerprint density at radius 2 is 1.95 bits per heavy atom. The van der Waals surface area contributed by atoms with Crippen molar-refractivity contribution in [2.45, 2.75) is 19.9 Å². The van der Waals surface area contributed by atoms with E-state index in [0.29, 0.717) is 13.1 Å². The largest absolute Gasteiger partial charge is 0.368 e. The first-order valence-corrected chi connectivity index (χ1v) is 6.92. The van der Waals surface area contributed by atoms with Crippen LogP contribution in [0.5, 0.6) is 0 Å². The summed E-state index contributed by atoms with van der Waals surface area (Å²) in [6.45, 7) is 6.87. The van der Waals surface area contributed by atoms with Crippen molar-refractivity contribution in [2.24, 2.45) is 5.73 Å². The summed E-state index contributed by atoms with van der Waals surface area (Å²) < 4.78 is 0. The lowest BCUT2D eigenvalue weighted by molar-refractivity contribution is -0.132. The van der Waals surface area contributed by atoms with E-state index in [0.717, 1.165) is 23.8 Å². The third-order valence-electron chi connectivity index (χ3n) is 3.49. The molecule has 1 aromatic rings. The lowest BCUT2D eigenvalue weighted by Gasteiger charge is -2.37. The number of aryl methyl sites for hydroxylation is 1. The molecule has 0 bridgehead atoms. The molecule has 2 N–H and O–H groups in total. The van der Waals surface area contributed by atoms with Gasteiger partial charge >= 0.3 is 0 Å². The molecule has 0 saturated carbocycles. The molecule has 19 heavy (non-hydrogen) atoms. The van der Waals surface area contributed by atoms with Crippen LogP contribution < -0.4 is 10.6 Å². The first-order chi connectivity index (χ1) is 8.99. The van der Waals surface area contributed by atoms with Gasteiger partial charge in [0.15, 0.2) is 0 Å². The Kier molecular flexibility index (Phi) is 4.32. The topological polar surface area (TPSA) is 49.6 Å². The fourth-order valence-electron chi connectivity index (χ4n) is 2.38. The van der Waals surface area contributed by atoms with Crippen molar-refractivity contribution in [3.05, 3.63) is 28.8 Å². The van der Waals surface area contributed by atoms with Crippen molar-refractivity contribution in [1.29, 1.82) is 0 Å². The summed E-state index contributed by atoms with van der Waals surface area (Å²) in [4.78, 5) is 15.9. The maximum atomic E-state index is 11.8. The van der Waals surface area contributed by atoms with Gasteiger partial charge in [-0.25, -0.2) is 0 Å². The van der Waals surface area contributed by atoms with E-state index < -0.39 is 6.04 Å². The smallest absolute Gasteiger partial charge is 0.239 e. The molecule has 1 heterocycles. The second-order valence-corrected chi connectivity index (χ2v) is 5.47. The molecule has 0 radical (unpaired) electrons. The van der Waals surface area contributed by atoms with Crippen LogP contribution in [-0.4, -0.2) is 43.0 Å². The molecule has 1 atom stereocenters. The number of nitrogens with zero attached hydrogens (tertiary/aromatic N) is 2. The Balaban J connectivity index is 2.04. The van der Waals surface area contributed by atoms with E-state index in [9.17, 15) is 4.79 Å². The van der Waals surface area contributed by atoms with E-state index in [4.69, 9.17) is 17.3 Å². The maximum absolute atomic E-state index is 11.8. The van der Waals surface area contributed by atoms with Gasteiger partial charge in [-0.05, 0) is 31.5 Å². The molecule has 1 aromatic carbocycles. The summed E-state index contributed by atoms with van der Waals surface area (Å²) in [5.74, 6) is 0.0301. The standard InChI is InChI=1S/C14H20ClN3O/c1-10-3-4-12(15)9-13(10)17-5-7-18(8-6-17)14(19)11(2)16/h3-4,9,11H,5-8,16H2,1-2H3/t11-/m1/s1. The second-order valence-electron chi connectivity index (χ2n) is 5.03. The molecule has 0 unspecified atom stereocenters. The summed E-state index contributed by atoms with van der Waals surface area (Å²) in [6, 6.07) is 5.49. The van der Waals surface area contributed by atoms with E-state index in [1.165, 1.54) is 5.56 Å². The lowest BCUT2D eigenvalue weighted by atomic mass is 10.1. The predicted molar refractivity (Wildman–Crippen MR) is 78.6 cm³/mol. The minimum Gasteiger partial charge on any atom is -0.368 e. The number of carbonyl (C=O) groups is 1. The number of anilines is 1. The van der Waals surface area contributed by atoms with E-state index in [-0.39, 0.29) is 5.91 Å². The molecule has 4 nitrogen and oxygen atoms in total. The average molecular weight is 282 g/mol. The van der Waals surface area contributed by atoms with Gasteiger partial charge < -0.3 is 15.5 Å². The van der Waals surface area contributed by atoms with Crippen molar-refractivity contribution in [2.75, 3.05) is 31.1 Å². The summed E-state index contributed by atoms with van der Waals surface area (Å²) in [7, 11) is 0. The molecule has 0 aromatic heterocycles. The fourth-order valence-corrected chi connectivity index (χ4v) is 2.55. The van der Waals surface area contributed by atoms with Gasteiger partial charge in [0.25, 0.3) is 0 Å². The minimum absolute atomic E-state index is 0.0301. The highest BCUT2D eigenvalue weighted by molar-refractivity contribution is 6.30. The monoisotopic (exact) mass is 281 g/mol. The van der Waals surface area contributed by atoms with Crippen LogP contribution in [0.1, 0.15) is 12.5 Å². The Labute approximate surface area is 119 Å². The zero-order valence-electron chi connectivity index (χ0n) is 11.4. The Morgan fingerprint density at radius 1 is 1.32 bits per heavy atom. The lowest BCUT2D eigenvalue weighted by Crippen LogP contribution is -2.52. The van der Waals surface area contributed by atoms with Gasteiger partial charge in [-0.3, -0.25) is 4.79 Å². The Bertz CT molecular complexity index is 468. The maximum Gasteiger partial charge on any atom is 0.239 e. The first-order valence-electron chi connectivity index (χ1n) is 6.54. The molecule has 5 heteroatoms. The highest BCUT2D eigenvalue weighted by Crippen LogP contribution is 2.25. The van der Waals surface area contributed by atoms with Crippen molar-refractivity contribution >= 4 is 23.2 Å². The molecule has 1 aliphatic rings. The Hall–Kier alpha value is -1.26. The zero-order chi connectivity index (χ0) is 14.0. The van der Waals surface area contributed by atoms with E-state index in [1.807, 2.05) is 23.1 Å². The van der Waals surface area contributed by atoms with Crippen LogP contribution in [-0.2, 0) is 4.79 Å². The molecule has 1 amide bonds. The number of nitrogens with two attached hydrogens (primary N) is 1. The van der Waals surface area contributed by atoms with Crippen LogP contribution in [0.3, 0.4) is 0 Å². The average Bonchev–Trinajstić information content (AvgIpc) is 2.41. The molecule has 1 saturated heterocycles. The van der Waals surface area contributed by atoms with Crippen molar-refractivity contribution < 1.29 is 4.79 Å². The van der Waals surface area contributed by atoms with Crippen LogP contribution in [0.25, 0.3) is 0 Å². The quantitative estimate of drug-likeness (QED) is 0.897. The van der Waals surface area contributed by atoms with Crippen LogP contribution in [0, 0.1) is 6.92 Å². The van der Waals surface area contributed by atoms with Crippen LogP contribution in [0.2, 0.25) is 5.02 Å². The molecular formula is C14H20ClN3O. The van der Waals surface area contributed by atoms with Gasteiger partial charge in [0.2, 0.25) is 5.91 Å². The number of benzene rings is 1. The van der Waals surface area contributed by atoms with Gasteiger partial charge in [-0.15, -0.1) is 0 Å². The molecule has 104 valence electrons. The number of carbonyl (C=O) groups excluding carboxylic acids is 1. The summed E-state index contributed by atoms with van der Waals surface area (Å²) in [6.07, 6.45) is 0. The van der Waals surface area contributed by atoms with Gasteiger partial charge in [0.1, 0.15) is 0 Å². The third-order valence-corrected chi connectivity index (χ3v) is 3.73. The first kappa shape index (κ1) is 14.2. The van der Waals surface area contributed by atoms with Crippen molar-refractivity contribution in [3.8, 4) is 0 Å². The third kappa shape index (κ3) is 3.19. The van der Waals surface area contributed by atoms with E-state index in [2.05, 4.69) is 11.8 Å². The van der Waals surface area contributed by atoms with Crippen LogP contribution in [0.4, 0.5) is 5.69 Å². The normalized spacial score (nSPS) is 17.5. The molecule has 0 aliphatic carbocycles. The number of halogens is 1. The van der Waals surface area contributed by atoms with Crippen LogP contribution in [0.15, 0.2) is 18.2 Å². The number of hydrogen-bond acceptors (Lipinski definition) is 3. The molecular weight excluding hydrogens is 262 g/mol. The van der Waals surface area contributed by atoms with Gasteiger partial charge in [-0.2, -0.15) is 0 Å². The van der Waals surface area contributed by atoms with E-state index >= 15 is 0 Å². The predicted octanol–water partition coefficient (Wildman–Crippen LogP) is 1.64. The molecule has 2 rings (SSSR count). The van der Waals surface area contributed by atoms with E-state index in [1.54, 1.807) is 6.92 Å². The number of rotatable bonds is 2. The Morgan fingerprint density at radius 3 is 2.53 bits per heavy atom. The second kappa shape index (κ2) is 5.80. The summed E-state index contributed by atoms with van der Waals surface area (Å²) in [5.41, 5.74) is 7.99. The highest BCUT2D eigenvalue weighted by Gasteiger charge is 2.23. The zero-order valence-corrected chi connectivity index (χ0v) is 12.2. The van der Waals surface area contributed by atoms with Gasteiger partial charge in [0.05, 0.1) is 6.04 Å². The van der Waals surface area contributed by atoms with Crippen molar-refractivity contribution in [1.82, 2.24) is 4.90 Å². The molecule has 1 fully saturated rings. The SMILES string of the molecule is Cc1ccc(Cl)cc1N1CCN(C(=O)[C@@H](C)N)CC1. The summed E-state index contributed by atoms with van der Waals surface area (Å²) in [5, 5.41) is 0.745. The number of hydrogen-bond donors (Lipinski definition) is 1.